The first kappa shape index (κ1) is 11.5. The van der Waals surface area contributed by atoms with Gasteiger partial charge in [0.25, 0.3) is 6.43 Å². The van der Waals surface area contributed by atoms with Crippen LogP contribution in [0, 0.1) is 6.92 Å². The van der Waals surface area contributed by atoms with Crippen molar-refractivity contribution < 1.29 is 8.78 Å². The first-order valence-corrected chi connectivity index (χ1v) is 5.51. The van der Waals surface area contributed by atoms with Crippen molar-refractivity contribution in [2.45, 2.75) is 32.1 Å². The third-order valence-corrected chi connectivity index (χ3v) is 2.84. The molecule has 0 spiro atoms. The van der Waals surface area contributed by atoms with Gasteiger partial charge < -0.3 is 5.32 Å². The molecule has 1 aromatic heterocycles. The zero-order valence-electron chi connectivity index (χ0n) is 8.80. The van der Waals surface area contributed by atoms with Crippen molar-refractivity contribution in [3.8, 4) is 0 Å². The van der Waals surface area contributed by atoms with Gasteiger partial charge in [0.05, 0.1) is 6.54 Å². The summed E-state index contributed by atoms with van der Waals surface area (Å²) in [7, 11) is 0. The SMILES string of the molecule is Cc1c(Cl)nc(C2CC2)nc1NCC(F)F. The highest BCUT2D eigenvalue weighted by molar-refractivity contribution is 6.30. The average molecular weight is 248 g/mol. The lowest BCUT2D eigenvalue weighted by atomic mass is 10.3. The van der Waals surface area contributed by atoms with E-state index in [9.17, 15) is 8.78 Å². The standard InChI is InChI=1S/C10H12ClF2N3/c1-5-8(11)15-10(6-2-3-6)16-9(5)14-4-7(12)13/h6-7H,2-4H2,1H3,(H,14,15,16). The minimum Gasteiger partial charge on any atom is -0.364 e. The van der Waals surface area contributed by atoms with E-state index in [1.54, 1.807) is 6.92 Å². The molecule has 0 bridgehead atoms. The van der Waals surface area contributed by atoms with Crippen LogP contribution < -0.4 is 5.32 Å². The lowest BCUT2D eigenvalue weighted by Crippen LogP contribution is -2.13. The highest BCUT2D eigenvalue weighted by atomic mass is 35.5. The summed E-state index contributed by atoms with van der Waals surface area (Å²) in [5.41, 5.74) is 0.617. The third kappa shape index (κ3) is 2.58. The Balaban J connectivity index is 2.20. The van der Waals surface area contributed by atoms with Gasteiger partial charge in [0.15, 0.2) is 0 Å². The van der Waals surface area contributed by atoms with E-state index in [2.05, 4.69) is 15.3 Å². The van der Waals surface area contributed by atoms with Gasteiger partial charge in [-0.25, -0.2) is 18.7 Å². The molecule has 0 atom stereocenters. The van der Waals surface area contributed by atoms with Gasteiger partial charge in [-0.3, -0.25) is 0 Å². The third-order valence-electron chi connectivity index (χ3n) is 2.47. The molecule has 3 nitrogen and oxygen atoms in total. The van der Waals surface area contributed by atoms with Crippen molar-refractivity contribution in [3.05, 3.63) is 16.5 Å². The summed E-state index contributed by atoms with van der Waals surface area (Å²) in [6.45, 7) is 1.30. The fraction of sp³-hybridized carbons (Fsp3) is 0.600. The van der Waals surface area contributed by atoms with E-state index >= 15 is 0 Å². The quantitative estimate of drug-likeness (QED) is 0.832. The Labute approximate surface area is 97.2 Å². The summed E-state index contributed by atoms with van der Waals surface area (Å²) < 4.78 is 24.2. The van der Waals surface area contributed by atoms with Crippen LogP contribution in [0.2, 0.25) is 5.15 Å². The molecule has 6 heteroatoms. The molecule has 0 unspecified atom stereocenters. The molecular formula is C10H12ClF2N3. The van der Waals surface area contributed by atoms with Crippen molar-refractivity contribution >= 4 is 17.4 Å². The van der Waals surface area contributed by atoms with E-state index < -0.39 is 13.0 Å². The van der Waals surface area contributed by atoms with Crippen LogP contribution in [-0.4, -0.2) is 22.9 Å². The Hall–Kier alpha value is -0.970. The van der Waals surface area contributed by atoms with Gasteiger partial charge in [-0.2, -0.15) is 0 Å². The molecule has 1 aromatic rings. The fourth-order valence-corrected chi connectivity index (χ4v) is 1.55. The molecule has 0 saturated heterocycles. The van der Waals surface area contributed by atoms with Crippen LogP contribution in [0.3, 0.4) is 0 Å². The normalized spacial score (nSPS) is 15.6. The van der Waals surface area contributed by atoms with Crippen LogP contribution in [0.25, 0.3) is 0 Å². The maximum atomic E-state index is 12.1. The van der Waals surface area contributed by atoms with Gasteiger partial charge in [0, 0.05) is 11.5 Å². The van der Waals surface area contributed by atoms with Gasteiger partial charge in [0.2, 0.25) is 0 Å². The molecule has 1 aliphatic carbocycles. The summed E-state index contributed by atoms with van der Waals surface area (Å²) in [5.74, 6) is 1.43. The number of alkyl halides is 2. The van der Waals surface area contributed by atoms with Crippen LogP contribution in [0.4, 0.5) is 14.6 Å². The lowest BCUT2D eigenvalue weighted by Gasteiger charge is -2.10. The molecule has 1 aliphatic rings. The molecule has 1 heterocycles. The van der Waals surface area contributed by atoms with Crippen LogP contribution in [0.1, 0.15) is 30.1 Å². The van der Waals surface area contributed by atoms with Crippen LogP contribution >= 0.6 is 11.6 Å². The molecule has 0 aromatic carbocycles. The van der Waals surface area contributed by atoms with Crippen LogP contribution in [-0.2, 0) is 0 Å². The van der Waals surface area contributed by atoms with E-state index in [0.717, 1.165) is 12.8 Å². The number of anilines is 1. The second kappa shape index (κ2) is 4.49. The zero-order valence-corrected chi connectivity index (χ0v) is 9.56. The van der Waals surface area contributed by atoms with E-state index in [-0.39, 0.29) is 0 Å². The van der Waals surface area contributed by atoms with E-state index in [0.29, 0.717) is 28.3 Å². The van der Waals surface area contributed by atoms with Crippen LogP contribution in [0.15, 0.2) is 0 Å². The second-order valence-corrected chi connectivity index (χ2v) is 4.25. The molecular weight excluding hydrogens is 236 g/mol. The molecule has 88 valence electrons. The highest BCUT2D eigenvalue weighted by Gasteiger charge is 2.28. The Morgan fingerprint density at radius 1 is 1.44 bits per heavy atom. The largest absolute Gasteiger partial charge is 0.364 e. The smallest absolute Gasteiger partial charge is 0.255 e. The van der Waals surface area contributed by atoms with Crippen molar-refractivity contribution in [1.82, 2.24) is 9.97 Å². The molecule has 1 fully saturated rings. The van der Waals surface area contributed by atoms with Gasteiger partial charge in [0.1, 0.15) is 16.8 Å². The van der Waals surface area contributed by atoms with E-state index in [4.69, 9.17) is 11.6 Å². The van der Waals surface area contributed by atoms with Gasteiger partial charge >= 0.3 is 0 Å². The highest BCUT2D eigenvalue weighted by Crippen LogP contribution is 2.39. The Kier molecular flexibility index (Phi) is 3.23. The minimum atomic E-state index is -2.41. The maximum absolute atomic E-state index is 12.1. The van der Waals surface area contributed by atoms with E-state index in [1.165, 1.54) is 0 Å². The number of halogens is 3. The fourth-order valence-electron chi connectivity index (χ4n) is 1.38. The Morgan fingerprint density at radius 2 is 2.12 bits per heavy atom. The molecule has 1 saturated carbocycles. The van der Waals surface area contributed by atoms with E-state index in [1.807, 2.05) is 0 Å². The van der Waals surface area contributed by atoms with Crippen molar-refractivity contribution in [1.29, 1.82) is 0 Å². The summed E-state index contributed by atoms with van der Waals surface area (Å²) in [6, 6.07) is 0. The zero-order chi connectivity index (χ0) is 11.7. The predicted octanol–water partition coefficient (Wildman–Crippen LogP) is 2.99. The minimum absolute atomic E-state index is 0.341. The number of rotatable bonds is 4. The molecule has 1 N–H and O–H groups in total. The number of hydrogen-bond donors (Lipinski definition) is 1. The Morgan fingerprint density at radius 3 is 2.69 bits per heavy atom. The first-order valence-electron chi connectivity index (χ1n) is 5.14. The molecule has 0 amide bonds. The van der Waals surface area contributed by atoms with Gasteiger partial charge in [-0.1, -0.05) is 11.6 Å². The summed E-state index contributed by atoms with van der Waals surface area (Å²) in [4.78, 5) is 8.38. The summed E-state index contributed by atoms with van der Waals surface area (Å²) in [6.07, 6.45) is -0.307. The second-order valence-electron chi connectivity index (χ2n) is 3.89. The van der Waals surface area contributed by atoms with Gasteiger partial charge in [-0.15, -0.1) is 0 Å². The van der Waals surface area contributed by atoms with Crippen molar-refractivity contribution in [2.75, 3.05) is 11.9 Å². The molecule has 0 radical (unpaired) electrons. The number of nitrogens with zero attached hydrogens (tertiary/aromatic N) is 2. The summed E-state index contributed by atoms with van der Waals surface area (Å²) in [5, 5.41) is 2.93. The predicted molar refractivity (Wildman–Crippen MR) is 58.2 cm³/mol. The Bertz CT molecular complexity index is 394. The average Bonchev–Trinajstić information content (AvgIpc) is 3.03. The number of nitrogens with one attached hydrogen (secondary N) is 1. The first-order chi connectivity index (χ1) is 7.58. The molecule has 0 aliphatic heterocycles. The topological polar surface area (TPSA) is 37.8 Å². The van der Waals surface area contributed by atoms with Gasteiger partial charge in [-0.05, 0) is 19.8 Å². The van der Waals surface area contributed by atoms with Crippen molar-refractivity contribution in [3.63, 3.8) is 0 Å². The number of hydrogen-bond acceptors (Lipinski definition) is 3. The lowest BCUT2D eigenvalue weighted by molar-refractivity contribution is 0.163. The maximum Gasteiger partial charge on any atom is 0.255 e. The molecule has 2 rings (SSSR count). The molecule has 16 heavy (non-hydrogen) atoms. The van der Waals surface area contributed by atoms with Crippen molar-refractivity contribution in [2.24, 2.45) is 0 Å². The number of aromatic nitrogens is 2. The van der Waals surface area contributed by atoms with Crippen LogP contribution in [0.5, 0.6) is 0 Å². The monoisotopic (exact) mass is 247 g/mol. The summed E-state index contributed by atoms with van der Waals surface area (Å²) >= 11 is 5.93.